The molecular weight excluding hydrogens is 452 g/mol. The molecule has 0 saturated carbocycles. The molecular formula is C24H18N6O3S. The summed E-state index contributed by atoms with van der Waals surface area (Å²) in [5.74, 6) is -1.79. The van der Waals surface area contributed by atoms with E-state index in [-0.39, 0.29) is 28.5 Å². The molecule has 2 aromatic heterocycles. The minimum absolute atomic E-state index is 0.0274. The largest absolute Gasteiger partial charge is 0.366 e. The average molecular weight is 471 g/mol. The summed E-state index contributed by atoms with van der Waals surface area (Å²) in [6.07, 6.45) is 0. The van der Waals surface area contributed by atoms with Crippen LogP contribution in [0.1, 0.15) is 20.7 Å². The maximum atomic E-state index is 12.7. The van der Waals surface area contributed by atoms with E-state index in [0.717, 1.165) is 27.6 Å². The number of amides is 3. The van der Waals surface area contributed by atoms with Crippen LogP contribution >= 0.6 is 11.8 Å². The highest BCUT2D eigenvalue weighted by molar-refractivity contribution is 7.99. The summed E-state index contributed by atoms with van der Waals surface area (Å²) in [5, 5.41) is 4.22. The molecule has 0 aliphatic heterocycles. The zero-order valence-corrected chi connectivity index (χ0v) is 18.5. The summed E-state index contributed by atoms with van der Waals surface area (Å²) in [4.78, 5) is 45.4. The minimum Gasteiger partial charge on any atom is -0.366 e. The lowest BCUT2D eigenvalue weighted by molar-refractivity contribution is -0.113. The Bertz CT molecular complexity index is 1600. The highest BCUT2D eigenvalue weighted by Crippen LogP contribution is 2.29. The molecule has 0 spiro atoms. The fraction of sp³-hybridized carbons (Fsp3) is 0.0417. The fourth-order valence-corrected chi connectivity index (χ4v) is 4.53. The lowest BCUT2D eigenvalue weighted by Crippen LogP contribution is -2.19. The van der Waals surface area contributed by atoms with Crippen LogP contribution in [0.4, 0.5) is 5.69 Å². The van der Waals surface area contributed by atoms with Crippen LogP contribution in [0, 0.1) is 0 Å². The van der Waals surface area contributed by atoms with Gasteiger partial charge in [-0.3, -0.25) is 18.8 Å². The van der Waals surface area contributed by atoms with Crippen molar-refractivity contribution in [1.82, 2.24) is 14.4 Å². The van der Waals surface area contributed by atoms with Crippen LogP contribution in [0.15, 0.2) is 71.9 Å². The van der Waals surface area contributed by atoms with Crippen LogP contribution < -0.4 is 16.8 Å². The number of aromatic nitrogens is 3. The third-order valence-corrected chi connectivity index (χ3v) is 6.17. The van der Waals surface area contributed by atoms with Crippen LogP contribution in [-0.2, 0) is 4.79 Å². The lowest BCUT2D eigenvalue weighted by atomic mass is 10.1. The molecule has 9 nitrogen and oxygen atoms in total. The Kier molecular flexibility index (Phi) is 5.34. The molecule has 2 heterocycles. The maximum Gasteiger partial charge on any atom is 0.248 e. The van der Waals surface area contributed by atoms with Gasteiger partial charge in [-0.1, -0.05) is 36.0 Å². The van der Waals surface area contributed by atoms with E-state index in [1.165, 1.54) is 30.0 Å². The number of rotatable bonds is 6. The van der Waals surface area contributed by atoms with Crippen LogP contribution in [-0.4, -0.2) is 37.8 Å². The average Bonchev–Trinajstić information content (AvgIpc) is 3.22. The Morgan fingerprint density at radius 3 is 2.21 bits per heavy atom. The molecule has 0 aliphatic rings. The topological polar surface area (TPSA) is 145 Å². The van der Waals surface area contributed by atoms with E-state index in [0.29, 0.717) is 5.16 Å². The quantitative estimate of drug-likeness (QED) is 0.257. The summed E-state index contributed by atoms with van der Waals surface area (Å²) >= 11 is 1.25. The second-order valence-corrected chi connectivity index (χ2v) is 8.48. The molecule has 10 heteroatoms. The van der Waals surface area contributed by atoms with Gasteiger partial charge in [0.15, 0.2) is 5.16 Å². The minimum atomic E-state index is -0.734. The molecule has 5 aromatic rings. The van der Waals surface area contributed by atoms with Crippen LogP contribution in [0.2, 0.25) is 0 Å². The van der Waals surface area contributed by atoms with Gasteiger partial charge < -0.3 is 16.8 Å². The van der Waals surface area contributed by atoms with E-state index in [2.05, 4.69) is 5.32 Å². The first-order valence-electron chi connectivity index (χ1n) is 10.2. The molecule has 5 rings (SSSR count). The maximum absolute atomic E-state index is 12.7. The number of fused-ring (bicyclic) bond motifs is 5. The first kappa shape index (κ1) is 21.4. The fourth-order valence-electron chi connectivity index (χ4n) is 3.72. The predicted octanol–water partition coefficient (Wildman–Crippen LogP) is 2.96. The molecule has 3 aromatic carbocycles. The van der Waals surface area contributed by atoms with Crippen LogP contribution in [0.3, 0.4) is 0 Å². The van der Waals surface area contributed by atoms with E-state index >= 15 is 0 Å². The van der Waals surface area contributed by atoms with Gasteiger partial charge >= 0.3 is 0 Å². The predicted molar refractivity (Wildman–Crippen MR) is 131 cm³/mol. The number of para-hydroxylation sites is 3. The number of hydrogen-bond donors (Lipinski definition) is 3. The molecule has 0 fully saturated rings. The molecule has 3 amide bonds. The Morgan fingerprint density at radius 1 is 0.853 bits per heavy atom. The van der Waals surface area contributed by atoms with Gasteiger partial charge in [0.1, 0.15) is 5.65 Å². The van der Waals surface area contributed by atoms with Crippen molar-refractivity contribution < 1.29 is 14.4 Å². The molecule has 5 N–H and O–H groups in total. The number of benzene rings is 3. The molecule has 0 atom stereocenters. The number of imidazole rings is 1. The standard InChI is InChI=1S/C24H18N6O3S/c25-21(32)13-9-14(22(26)33)11-15(10-13)27-20(31)12-34-24-29-17-6-2-1-5-16(17)23-28-18-7-3-4-8-19(18)30(23)24/h1-11H,12H2,(H2,25,32)(H2,26,33)(H,27,31). The highest BCUT2D eigenvalue weighted by Gasteiger charge is 2.16. The third kappa shape index (κ3) is 3.90. The second kappa shape index (κ2) is 8.49. The van der Waals surface area contributed by atoms with Crippen molar-refractivity contribution in [3.63, 3.8) is 0 Å². The number of primary amides is 2. The van der Waals surface area contributed by atoms with Crippen LogP contribution in [0.25, 0.3) is 27.6 Å². The summed E-state index contributed by atoms with van der Waals surface area (Å²) in [7, 11) is 0. The molecule has 0 radical (unpaired) electrons. The first-order valence-corrected chi connectivity index (χ1v) is 11.2. The van der Waals surface area contributed by atoms with Gasteiger partial charge in [-0.15, -0.1) is 0 Å². The molecule has 0 bridgehead atoms. The van der Waals surface area contributed by atoms with Crippen LogP contribution in [0.5, 0.6) is 0 Å². The monoisotopic (exact) mass is 470 g/mol. The van der Waals surface area contributed by atoms with Crippen molar-refractivity contribution in [1.29, 1.82) is 0 Å². The summed E-state index contributed by atoms with van der Waals surface area (Å²) in [6.45, 7) is 0. The SMILES string of the molecule is NC(=O)c1cc(NC(=O)CSc2nc3ccccc3c3nc4ccccc4n23)cc(C(N)=O)c1. The van der Waals surface area contributed by atoms with Gasteiger partial charge in [0.25, 0.3) is 0 Å². The second-order valence-electron chi connectivity index (χ2n) is 7.54. The molecule has 0 aliphatic carbocycles. The Labute approximate surface area is 197 Å². The van der Waals surface area contributed by atoms with Gasteiger partial charge in [-0.2, -0.15) is 0 Å². The Balaban J connectivity index is 1.47. The molecule has 0 saturated heterocycles. The number of nitrogens with one attached hydrogen (secondary N) is 1. The lowest BCUT2D eigenvalue weighted by Gasteiger charge is -2.10. The molecule has 34 heavy (non-hydrogen) atoms. The van der Waals surface area contributed by atoms with Crippen molar-refractivity contribution in [3.8, 4) is 0 Å². The van der Waals surface area contributed by atoms with Crippen molar-refractivity contribution >= 4 is 62.8 Å². The number of nitrogens with two attached hydrogens (primary N) is 2. The van der Waals surface area contributed by atoms with E-state index < -0.39 is 11.8 Å². The van der Waals surface area contributed by atoms with Crippen molar-refractivity contribution in [2.75, 3.05) is 11.1 Å². The summed E-state index contributed by atoms with van der Waals surface area (Å²) < 4.78 is 1.94. The normalized spacial score (nSPS) is 11.2. The van der Waals surface area contributed by atoms with E-state index in [1.807, 2.05) is 52.9 Å². The van der Waals surface area contributed by atoms with E-state index in [4.69, 9.17) is 21.4 Å². The third-order valence-electron chi connectivity index (χ3n) is 5.23. The Morgan fingerprint density at radius 2 is 1.50 bits per heavy atom. The van der Waals surface area contributed by atoms with Crippen molar-refractivity contribution in [2.24, 2.45) is 11.5 Å². The number of hydrogen-bond acceptors (Lipinski definition) is 6. The summed E-state index contributed by atoms with van der Waals surface area (Å²) in [5.41, 5.74) is 14.3. The molecule has 0 unspecified atom stereocenters. The van der Waals surface area contributed by atoms with Crippen molar-refractivity contribution in [2.45, 2.75) is 5.16 Å². The number of anilines is 1. The summed E-state index contributed by atoms with van der Waals surface area (Å²) in [6, 6.07) is 19.5. The van der Waals surface area contributed by atoms with Gasteiger partial charge in [-0.05, 0) is 42.5 Å². The smallest absolute Gasteiger partial charge is 0.248 e. The highest BCUT2D eigenvalue weighted by atomic mass is 32.2. The zero-order valence-electron chi connectivity index (χ0n) is 17.7. The van der Waals surface area contributed by atoms with Gasteiger partial charge in [0.2, 0.25) is 17.7 Å². The number of carbonyl (C=O) groups excluding carboxylic acids is 3. The van der Waals surface area contributed by atoms with Crippen molar-refractivity contribution in [3.05, 3.63) is 77.9 Å². The van der Waals surface area contributed by atoms with Gasteiger partial charge in [0, 0.05) is 22.2 Å². The van der Waals surface area contributed by atoms with E-state index in [9.17, 15) is 14.4 Å². The number of carbonyl (C=O) groups is 3. The number of thioether (sulfide) groups is 1. The van der Waals surface area contributed by atoms with Gasteiger partial charge in [0.05, 0.1) is 22.3 Å². The Hall–Kier alpha value is -4.44. The molecule has 168 valence electrons. The van der Waals surface area contributed by atoms with Gasteiger partial charge in [-0.25, -0.2) is 9.97 Å². The first-order chi connectivity index (χ1) is 16.4. The van der Waals surface area contributed by atoms with E-state index in [1.54, 1.807) is 0 Å². The number of nitrogens with zero attached hydrogens (tertiary/aromatic N) is 3. The zero-order chi connectivity index (χ0) is 23.8.